The summed E-state index contributed by atoms with van der Waals surface area (Å²) in [5.41, 5.74) is 4.74. The summed E-state index contributed by atoms with van der Waals surface area (Å²) in [6, 6.07) is 12.7. The first-order chi connectivity index (χ1) is 17.0. The molecule has 4 aromatic rings. The lowest BCUT2D eigenvalue weighted by Crippen LogP contribution is -2.24. The number of fused-ring (bicyclic) bond motifs is 3. The van der Waals surface area contributed by atoms with Gasteiger partial charge in [0.25, 0.3) is 11.5 Å². The first-order valence-electron chi connectivity index (χ1n) is 11.0. The Hall–Kier alpha value is -3.01. The summed E-state index contributed by atoms with van der Waals surface area (Å²) in [6.07, 6.45) is 5.47. The Bertz CT molecular complexity index is 1480. The Kier molecular flexibility index (Phi) is 6.99. The Morgan fingerprint density at radius 2 is 1.91 bits per heavy atom. The van der Waals surface area contributed by atoms with Crippen molar-refractivity contribution in [2.45, 2.75) is 30.8 Å². The average molecular weight is 527 g/mol. The van der Waals surface area contributed by atoms with Crippen LogP contribution in [0.15, 0.2) is 63.6 Å². The maximum absolute atomic E-state index is 13.7. The number of nitrogens with one attached hydrogen (secondary N) is 1. The number of nitrogens with zero attached hydrogens (tertiary/aromatic N) is 3. The van der Waals surface area contributed by atoms with E-state index in [2.05, 4.69) is 10.5 Å². The zero-order valence-corrected chi connectivity index (χ0v) is 20.9. The maximum atomic E-state index is 13.7. The summed E-state index contributed by atoms with van der Waals surface area (Å²) >= 11 is 8.80. The van der Waals surface area contributed by atoms with Gasteiger partial charge in [-0.15, -0.1) is 11.3 Å². The Morgan fingerprint density at radius 3 is 2.69 bits per heavy atom. The SMILES string of the molecule is O=C(CSc1nc2sc3c(c2c(=O)n1-c1ccc(Cl)cc1)CCCC3)NN=Cc1ccc(F)cc1. The van der Waals surface area contributed by atoms with Crippen molar-refractivity contribution in [1.82, 2.24) is 15.0 Å². The van der Waals surface area contributed by atoms with Gasteiger partial charge in [0.05, 0.1) is 23.0 Å². The van der Waals surface area contributed by atoms with E-state index in [0.29, 0.717) is 31.6 Å². The molecule has 0 radical (unpaired) electrons. The molecular formula is C25H20ClFN4O2S2. The van der Waals surface area contributed by atoms with Gasteiger partial charge in [0.1, 0.15) is 10.6 Å². The highest BCUT2D eigenvalue weighted by Crippen LogP contribution is 2.35. The van der Waals surface area contributed by atoms with Gasteiger partial charge in [-0.25, -0.2) is 14.8 Å². The molecule has 0 fully saturated rings. The second-order valence-electron chi connectivity index (χ2n) is 8.04. The van der Waals surface area contributed by atoms with Gasteiger partial charge in [-0.2, -0.15) is 5.10 Å². The molecule has 0 spiro atoms. The first kappa shape index (κ1) is 23.7. The average Bonchev–Trinajstić information content (AvgIpc) is 3.23. The summed E-state index contributed by atoms with van der Waals surface area (Å²) in [7, 11) is 0. The molecule has 1 aliphatic rings. The van der Waals surface area contributed by atoms with E-state index >= 15 is 0 Å². The van der Waals surface area contributed by atoms with Crippen LogP contribution in [0.2, 0.25) is 5.02 Å². The standard InChI is InChI=1S/C25H20ClFN4O2S2/c26-16-7-11-18(12-8-16)31-24(33)22-19-3-1-2-4-20(19)35-23(22)29-25(31)34-14-21(32)30-28-13-15-5-9-17(27)10-6-15/h5-13H,1-4,14H2,(H,30,32). The van der Waals surface area contributed by atoms with Crippen LogP contribution in [-0.4, -0.2) is 27.4 Å². The van der Waals surface area contributed by atoms with Gasteiger partial charge in [-0.3, -0.25) is 14.2 Å². The molecule has 1 aliphatic carbocycles. The highest BCUT2D eigenvalue weighted by atomic mass is 35.5. The molecule has 178 valence electrons. The fraction of sp³-hybridized carbons (Fsp3) is 0.200. The first-order valence-corrected chi connectivity index (χ1v) is 13.2. The van der Waals surface area contributed by atoms with Crippen molar-refractivity contribution in [2.24, 2.45) is 5.10 Å². The van der Waals surface area contributed by atoms with Gasteiger partial charge in [-0.05, 0) is 73.2 Å². The van der Waals surface area contributed by atoms with E-state index in [4.69, 9.17) is 16.6 Å². The molecule has 5 rings (SSSR count). The Balaban J connectivity index is 1.42. The Labute approximate surface area is 213 Å². The molecule has 35 heavy (non-hydrogen) atoms. The number of hydrogen-bond acceptors (Lipinski definition) is 6. The molecule has 0 saturated carbocycles. The second-order valence-corrected chi connectivity index (χ2v) is 10.5. The molecule has 0 saturated heterocycles. The highest BCUT2D eigenvalue weighted by Gasteiger charge is 2.23. The van der Waals surface area contributed by atoms with Gasteiger partial charge in [0.2, 0.25) is 0 Å². The van der Waals surface area contributed by atoms with E-state index in [1.165, 1.54) is 35.0 Å². The molecular weight excluding hydrogens is 507 g/mol. The molecule has 2 aromatic carbocycles. The number of benzene rings is 2. The molecule has 0 aliphatic heterocycles. The lowest BCUT2D eigenvalue weighted by Gasteiger charge is -2.13. The smallest absolute Gasteiger partial charge is 0.267 e. The van der Waals surface area contributed by atoms with Crippen LogP contribution in [0.3, 0.4) is 0 Å². The molecule has 2 heterocycles. The largest absolute Gasteiger partial charge is 0.272 e. The lowest BCUT2D eigenvalue weighted by atomic mass is 9.97. The molecule has 0 atom stereocenters. The number of hydrazone groups is 1. The molecule has 0 unspecified atom stereocenters. The van der Waals surface area contributed by atoms with Crippen molar-refractivity contribution >= 4 is 57.0 Å². The topological polar surface area (TPSA) is 76.3 Å². The zero-order chi connectivity index (χ0) is 24.4. The highest BCUT2D eigenvalue weighted by molar-refractivity contribution is 7.99. The van der Waals surface area contributed by atoms with Crippen molar-refractivity contribution in [3.05, 3.63) is 85.7 Å². The number of amides is 1. The number of aromatic nitrogens is 2. The third kappa shape index (κ3) is 5.17. The minimum Gasteiger partial charge on any atom is -0.272 e. The van der Waals surface area contributed by atoms with E-state index in [9.17, 15) is 14.0 Å². The normalized spacial score (nSPS) is 13.3. The van der Waals surface area contributed by atoms with Gasteiger partial charge in [-0.1, -0.05) is 35.5 Å². The van der Waals surface area contributed by atoms with Crippen LogP contribution in [0.5, 0.6) is 0 Å². The number of thiophene rings is 1. The minimum absolute atomic E-state index is 0.0113. The Morgan fingerprint density at radius 1 is 1.17 bits per heavy atom. The minimum atomic E-state index is -0.351. The molecule has 0 bridgehead atoms. The van der Waals surface area contributed by atoms with Crippen molar-refractivity contribution in [1.29, 1.82) is 0 Å². The molecule has 10 heteroatoms. The summed E-state index contributed by atoms with van der Waals surface area (Å²) < 4.78 is 14.6. The quantitative estimate of drug-likeness (QED) is 0.159. The third-order valence-electron chi connectivity index (χ3n) is 5.65. The monoisotopic (exact) mass is 526 g/mol. The number of aryl methyl sites for hydroxylation is 2. The predicted octanol–water partition coefficient (Wildman–Crippen LogP) is 5.36. The predicted molar refractivity (Wildman–Crippen MR) is 140 cm³/mol. The van der Waals surface area contributed by atoms with Gasteiger partial charge >= 0.3 is 0 Å². The summed E-state index contributed by atoms with van der Waals surface area (Å²) in [5.74, 6) is -0.682. The molecule has 1 N–H and O–H groups in total. The fourth-order valence-corrected chi connectivity index (χ4v) is 6.22. The number of rotatable bonds is 6. The summed E-state index contributed by atoms with van der Waals surface area (Å²) in [6.45, 7) is 0. The van der Waals surface area contributed by atoms with Crippen LogP contribution in [0.1, 0.15) is 28.8 Å². The fourth-order valence-electron chi connectivity index (χ4n) is 3.99. The number of carbonyl (C=O) groups is 1. The number of carbonyl (C=O) groups excluding carboxylic acids is 1. The third-order valence-corrected chi connectivity index (χ3v) is 8.02. The van der Waals surface area contributed by atoms with Crippen molar-refractivity contribution in [3.63, 3.8) is 0 Å². The molecule has 6 nitrogen and oxygen atoms in total. The van der Waals surface area contributed by atoms with Crippen LogP contribution in [-0.2, 0) is 17.6 Å². The van der Waals surface area contributed by atoms with E-state index < -0.39 is 0 Å². The van der Waals surface area contributed by atoms with Crippen molar-refractivity contribution in [3.8, 4) is 5.69 Å². The van der Waals surface area contributed by atoms with Crippen molar-refractivity contribution < 1.29 is 9.18 Å². The summed E-state index contributed by atoms with van der Waals surface area (Å²) in [5, 5.41) is 5.60. The van der Waals surface area contributed by atoms with Crippen molar-refractivity contribution in [2.75, 3.05) is 5.75 Å². The molecule has 1 amide bonds. The van der Waals surface area contributed by atoms with Crippen LogP contribution in [0.4, 0.5) is 4.39 Å². The van der Waals surface area contributed by atoms with Gasteiger partial charge in [0.15, 0.2) is 5.16 Å². The van der Waals surface area contributed by atoms with E-state index in [-0.39, 0.29) is 23.0 Å². The van der Waals surface area contributed by atoms with E-state index in [1.54, 1.807) is 52.3 Å². The maximum Gasteiger partial charge on any atom is 0.267 e. The number of halogens is 2. The molecule has 2 aromatic heterocycles. The summed E-state index contributed by atoms with van der Waals surface area (Å²) in [4.78, 5) is 32.9. The van der Waals surface area contributed by atoms with Gasteiger partial charge in [0, 0.05) is 9.90 Å². The van der Waals surface area contributed by atoms with Crippen LogP contribution in [0.25, 0.3) is 15.9 Å². The van der Waals surface area contributed by atoms with E-state index in [1.807, 2.05) is 0 Å². The number of thioether (sulfide) groups is 1. The zero-order valence-electron chi connectivity index (χ0n) is 18.5. The second kappa shape index (κ2) is 10.3. The van der Waals surface area contributed by atoms with Crippen LogP contribution >= 0.6 is 34.7 Å². The van der Waals surface area contributed by atoms with E-state index in [0.717, 1.165) is 31.2 Å². The number of hydrogen-bond donors (Lipinski definition) is 1. The van der Waals surface area contributed by atoms with Crippen LogP contribution in [0, 0.1) is 5.82 Å². The lowest BCUT2D eigenvalue weighted by molar-refractivity contribution is -0.118. The van der Waals surface area contributed by atoms with Gasteiger partial charge < -0.3 is 0 Å². The van der Waals surface area contributed by atoms with Crippen LogP contribution < -0.4 is 11.0 Å².